The molecule has 4 heteroatoms. The average molecular weight is 248 g/mol. The summed E-state index contributed by atoms with van der Waals surface area (Å²) in [5.74, 6) is 0.583. The van der Waals surface area contributed by atoms with Gasteiger partial charge in [0, 0.05) is 17.7 Å². The van der Waals surface area contributed by atoms with Gasteiger partial charge in [0.2, 0.25) is 0 Å². The minimum absolute atomic E-state index is 0.227. The maximum absolute atomic E-state index is 12.8. The number of rotatable bonds is 2. The Morgan fingerprint density at radius 2 is 1.88 bits per heavy atom. The third-order valence-corrected chi connectivity index (χ3v) is 3.13. The predicted molar refractivity (Wildman–Crippen MR) is 68.1 cm³/mol. The first kappa shape index (κ1) is 11.9. The van der Waals surface area contributed by atoms with Crippen LogP contribution in [-0.2, 0) is 6.42 Å². The maximum Gasteiger partial charge on any atom is 0.132 e. The number of aromatic amines is 1. The molecule has 0 atom stereocenters. The molecule has 0 amide bonds. The average Bonchev–Trinajstić information content (AvgIpc) is 2.29. The summed E-state index contributed by atoms with van der Waals surface area (Å²) in [6.45, 7) is 3.92. The highest BCUT2D eigenvalue weighted by Gasteiger charge is 2.02. The summed E-state index contributed by atoms with van der Waals surface area (Å²) in [5.41, 5.74) is 3.04. The number of benzene rings is 1. The summed E-state index contributed by atoms with van der Waals surface area (Å²) in [4.78, 5) is 7.52. The van der Waals surface area contributed by atoms with Crippen molar-refractivity contribution in [2.24, 2.45) is 0 Å². The minimum Gasteiger partial charge on any atom is -0.347 e. The molecule has 0 saturated heterocycles. The molecule has 2 aromatic rings. The van der Waals surface area contributed by atoms with Gasteiger partial charge in [0.15, 0.2) is 0 Å². The quantitative estimate of drug-likeness (QED) is 0.824. The Kier molecular flexibility index (Phi) is 3.33. The number of nitrogens with one attached hydrogen (secondary N) is 1. The van der Waals surface area contributed by atoms with E-state index >= 15 is 0 Å². The lowest BCUT2D eigenvalue weighted by molar-refractivity contribution is 0.627. The monoisotopic (exact) mass is 248 g/mol. The molecular weight excluding hydrogens is 235 g/mol. The van der Waals surface area contributed by atoms with E-state index in [0.29, 0.717) is 11.1 Å². The van der Waals surface area contributed by atoms with Gasteiger partial charge in [-0.2, -0.15) is 0 Å². The van der Waals surface area contributed by atoms with Crippen molar-refractivity contribution in [1.82, 2.24) is 9.97 Å². The van der Waals surface area contributed by atoms with Crippen LogP contribution in [0.2, 0.25) is 0 Å². The van der Waals surface area contributed by atoms with E-state index in [4.69, 9.17) is 12.2 Å². The van der Waals surface area contributed by atoms with Crippen LogP contribution in [0.15, 0.2) is 24.3 Å². The molecule has 1 N–H and O–H groups in total. The Labute approximate surface area is 105 Å². The summed E-state index contributed by atoms with van der Waals surface area (Å²) in [6, 6.07) is 6.40. The van der Waals surface area contributed by atoms with Crippen LogP contribution in [0.4, 0.5) is 4.39 Å². The molecule has 0 radical (unpaired) electrons. The molecule has 0 saturated carbocycles. The first-order valence-corrected chi connectivity index (χ1v) is 5.78. The van der Waals surface area contributed by atoms with Gasteiger partial charge >= 0.3 is 0 Å². The van der Waals surface area contributed by atoms with Gasteiger partial charge in [0.25, 0.3) is 0 Å². The fourth-order valence-electron chi connectivity index (χ4n) is 1.58. The third-order valence-electron chi connectivity index (χ3n) is 2.74. The van der Waals surface area contributed by atoms with Crippen LogP contribution in [0, 0.1) is 24.3 Å². The topological polar surface area (TPSA) is 28.7 Å². The standard InChI is InChI=1S/C13H13FN2S/c1-8-9(2)15-12(16-13(8)17)7-10-3-5-11(14)6-4-10/h3-6H,7H2,1-2H3,(H,15,16,17). The van der Waals surface area contributed by atoms with Crippen molar-refractivity contribution in [2.45, 2.75) is 20.3 Å². The zero-order chi connectivity index (χ0) is 12.4. The van der Waals surface area contributed by atoms with E-state index in [9.17, 15) is 4.39 Å². The van der Waals surface area contributed by atoms with E-state index in [1.165, 1.54) is 12.1 Å². The number of hydrogen-bond acceptors (Lipinski definition) is 2. The third kappa shape index (κ3) is 2.77. The molecule has 2 nitrogen and oxygen atoms in total. The molecule has 0 aliphatic rings. The zero-order valence-electron chi connectivity index (χ0n) is 9.75. The van der Waals surface area contributed by atoms with Crippen molar-refractivity contribution < 1.29 is 4.39 Å². The lowest BCUT2D eigenvalue weighted by atomic mass is 10.1. The molecule has 0 aliphatic carbocycles. The highest BCUT2D eigenvalue weighted by atomic mass is 32.1. The van der Waals surface area contributed by atoms with Crippen molar-refractivity contribution >= 4 is 12.2 Å². The van der Waals surface area contributed by atoms with Crippen LogP contribution < -0.4 is 0 Å². The number of halogens is 1. The molecule has 0 bridgehead atoms. The number of aryl methyl sites for hydroxylation is 1. The van der Waals surface area contributed by atoms with Crippen LogP contribution in [-0.4, -0.2) is 9.97 Å². The van der Waals surface area contributed by atoms with Gasteiger partial charge in [0.05, 0.1) is 0 Å². The van der Waals surface area contributed by atoms with Crippen molar-refractivity contribution in [1.29, 1.82) is 0 Å². The fraction of sp³-hybridized carbons (Fsp3) is 0.231. The Balaban J connectivity index is 2.30. The lowest BCUT2D eigenvalue weighted by Crippen LogP contribution is -2.01. The van der Waals surface area contributed by atoms with Gasteiger partial charge in [0.1, 0.15) is 16.3 Å². The van der Waals surface area contributed by atoms with Gasteiger partial charge in [-0.3, -0.25) is 0 Å². The minimum atomic E-state index is -0.227. The predicted octanol–water partition coefficient (Wildman–Crippen LogP) is 3.49. The van der Waals surface area contributed by atoms with E-state index in [-0.39, 0.29) is 5.82 Å². The van der Waals surface area contributed by atoms with Gasteiger partial charge in [-0.15, -0.1) is 0 Å². The molecule has 0 spiro atoms. The molecular formula is C13H13FN2S. The highest BCUT2D eigenvalue weighted by molar-refractivity contribution is 7.71. The van der Waals surface area contributed by atoms with Crippen LogP contribution in [0.25, 0.3) is 0 Å². The fourth-order valence-corrected chi connectivity index (χ4v) is 1.85. The second-order valence-corrected chi connectivity index (χ2v) is 4.43. The molecule has 1 heterocycles. The molecule has 17 heavy (non-hydrogen) atoms. The molecule has 0 fully saturated rings. The Morgan fingerprint density at radius 3 is 2.47 bits per heavy atom. The summed E-state index contributed by atoms with van der Waals surface area (Å²) in [6.07, 6.45) is 0.630. The first-order chi connectivity index (χ1) is 8.06. The number of nitrogens with zero attached hydrogens (tertiary/aromatic N) is 1. The van der Waals surface area contributed by atoms with E-state index < -0.39 is 0 Å². The largest absolute Gasteiger partial charge is 0.347 e. The van der Waals surface area contributed by atoms with Crippen molar-refractivity contribution in [3.05, 3.63) is 57.4 Å². The van der Waals surface area contributed by atoms with E-state index in [1.807, 2.05) is 13.8 Å². The summed E-state index contributed by atoms with van der Waals surface area (Å²) >= 11 is 5.17. The first-order valence-electron chi connectivity index (χ1n) is 5.37. The molecule has 1 aromatic carbocycles. The van der Waals surface area contributed by atoms with Crippen LogP contribution in [0.3, 0.4) is 0 Å². The van der Waals surface area contributed by atoms with E-state index in [2.05, 4.69) is 9.97 Å². The van der Waals surface area contributed by atoms with Crippen molar-refractivity contribution in [3.8, 4) is 0 Å². The second-order valence-electron chi connectivity index (χ2n) is 4.04. The van der Waals surface area contributed by atoms with E-state index in [0.717, 1.165) is 22.6 Å². The Morgan fingerprint density at radius 1 is 1.24 bits per heavy atom. The van der Waals surface area contributed by atoms with Crippen LogP contribution >= 0.6 is 12.2 Å². The summed E-state index contributed by atoms with van der Waals surface area (Å²) in [7, 11) is 0. The molecule has 1 aromatic heterocycles. The Hall–Kier alpha value is -1.55. The molecule has 2 rings (SSSR count). The Bertz CT molecular complexity index is 587. The van der Waals surface area contributed by atoms with Crippen molar-refractivity contribution in [2.75, 3.05) is 0 Å². The van der Waals surface area contributed by atoms with Gasteiger partial charge in [-0.1, -0.05) is 24.4 Å². The van der Waals surface area contributed by atoms with Crippen LogP contribution in [0.5, 0.6) is 0 Å². The summed E-state index contributed by atoms with van der Waals surface area (Å²) < 4.78 is 13.4. The summed E-state index contributed by atoms with van der Waals surface area (Å²) in [5, 5.41) is 0. The smallest absolute Gasteiger partial charge is 0.132 e. The van der Waals surface area contributed by atoms with Gasteiger partial charge < -0.3 is 4.98 Å². The van der Waals surface area contributed by atoms with Gasteiger partial charge in [-0.05, 0) is 31.5 Å². The normalized spacial score (nSPS) is 10.5. The molecule has 0 unspecified atom stereocenters. The van der Waals surface area contributed by atoms with E-state index in [1.54, 1.807) is 12.1 Å². The highest BCUT2D eigenvalue weighted by Crippen LogP contribution is 2.10. The molecule has 0 aliphatic heterocycles. The number of hydrogen-bond donors (Lipinski definition) is 1. The maximum atomic E-state index is 12.8. The lowest BCUT2D eigenvalue weighted by Gasteiger charge is -2.06. The molecule has 88 valence electrons. The second kappa shape index (κ2) is 4.75. The SMILES string of the molecule is Cc1[nH]c(Cc2ccc(F)cc2)nc(=S)c1C. The zero-order valence-corrected chi connectivity index (χ0v) is 10.6. The van der Waals surface area contributed by atoms with Crippen molar-refractivity contribution in [3.63, 3.8) is 0 Å². The number of aromatic nitrogens is 2. The van der Waals surface area contributed by atoms with Crippen LogP contribution in [0.1, 0.15) is 22.6 Å². The van der Waals surface area contributed by atoms with Gasteiger partial charge in [-0.25, -0.2) is 9.37 Å². The number of H-pyrrole nitrogens is 1.